The molecule has 0 fully saturated rings. The molecule has 3 aromatic rings. The molecule has 0 bridgehead atoms. The zero-order chi connectivity index (χ0) is 24.2. The van der Waals surface area contributed by atoms with Crippen LogP contribution in [0.3, 0.4) is 0 Å². The van der Waals surface area contributed by atoms with Crippen LogP contribution in [0.15, 0.2) is 66.7 Å². The summed E-state index contributed by atoms with van der Waals surface area (Å²) in [6.07, 6.45) is 2.19. The van der Waals surface area contributed by atoms with Crippen molar-refractivity contribution in [1.82, 2.24) is 5.32 Å². The summed E-state index contributed by atoms with van der Waals surface area (Å²) in [5.41, 5.74) is 6.30. The Morgan fingerprint density at radius 2 is 1.45 bits per heavy atom. The Balaban J connectivity index is 1.73. The molecule has 1 amide bonds. The minimum absolute atomic E-state index is 0.117. The van der Waals surface area contributed by atoms with E-state index < -0.39 is 10.0 Å². The third kappa shape index (κ3) is 6.45. The van der Waals surface area contributed by atoms with Crippen molar-refractivity contribution in [2.45, 2.75) is 46.7 Å². The second kappa shape index (κ2) is 10.2. The van der Waals surface area contributed by atoms with Crippen LogP contribution in [0.25, 0.3) is 0 Å². The average molecular weight is 465 g/mol. The third-order valence-electron chi connectivity index (χ3n) is 5.67. The van der Waals surface area contributed by atoms with E-state index in [0.717, 1.165) is 28.7 Å². The maximum atomic E-state index is 12.7. The molecule has 0 aliphatic carbocycles. The van der Waals surface area contributed by atoms with Crippen LogP contribution < -0.4 is 9.62 Å². The molecule has 0 radical (unpaired) electrons. The third-order valence-corrected chi connectivity index (χ3v) is 6.81. The number of nitrogens with one attached hydrogen (secondary N) is 1. The molecular weight excluding hydrogens is 432 g/mol. The summed E-state index contributed by atoms with van der Waals surface area (Å²) in [6.45, 7) is 8.17. The number of hydrogen-bond acceptors (Lipinski definition) is 3. The highest BCUT2D eigenvalue weighted by Crippen LogP contribution is 2.24. The Labute approximate surface area is 197 Å². The number of benzene rings is 3. The van der Waals surface area contributed by atoms with Crippen molar-refractivity contribution in [3.63, 3.8) is 0 Å². The summed E-state index contributed by atoms with van der Waals surface area (Å²) in [5, 5.41) is 3.03. The normalized spacial score (nSPS) is 12.3. The number of amides is 1. The van der Waals surface area contributed by atoms with E-state index in [0.29, 0.717) is 11.3 Å². The minimum atomic E-state index is -3.47. The number of hydrogen-bond donors (Lipinski definition) is 1. The van der Waals surface area contributed by atoms with Crippen molar-refractivity contribution in [2.75, 3.05) is 10.6 Å². The summed E-state index contributed by atoms with van der Waals surface area (Å²) >= 11 is 0. The van der Waals surface area contributed by atoms with E-state index in [1.54, 1.807) is 24.3 Å². The Hall–Kier alpha value is -3.12. The number of nitrogens with zero attached hydrogens (tertiary/aromatic N) is 1. The highest BCUT2D eigenvalue weighted by molar-refractivity contribution is 7.92. The maximum absolute atomic E-state index is 12.7. The van der Waals surface area contributed by atoms with E-state index in [4.69, 9.17) is 0 Å². The Morgan fingerprint density at radius 1 is 0.909 bits per heavy atom. The van der Waals surface area contributed by atoms with Crippen molar-refractivity contribution in [3.8, 4) is 0 Å². The predicted octanol–water partition coefficient (Wildman–Crippen LogP) is 5.32. The summed E-state index contributed by atoms with van der Waals surface area (Å²) < 4.78 is 26.4. The van der Waals surface area contributed by atoms with E-state index in [-0.39, 0.29) is 18.5 Å². The second-order valence-corrected chi connectivity index (χ2v) is 10.5. The van der Waals surface area contributed by atoms with Gasteiger partial charge in [0.05, 0.1) is 24.5 Å². The number of anilines is 1. The van der Waals surface area contributed by atoms with Crippen LogP contribution in [0.4, 0.5) is 5.69 Å². The maximum Gasteiger partial charge on any atom is 0.251 e. The zero-order valence-electron chi connectivity index (χ0n) is 19.9. The van der Waals surface area contributed by atoms with Gasteiger partial charge in [-0.1, -0.05) is 49.4 Å². The molecule has 0 aromatic heterocycles. The molecule has 174 valence electrons. The van der Waals surface area contributed by atoms with Gasteiger partial charge in [0.15, 0.2) is 0 Å². The fourth-order valence-electron chi connectivity index (χ4n) is 3.83. The molecule has 0 spiro atoms. The SMILES string of the molecule is CCc1ccc([C@@H](C)NC(=O)c2ccc(CN(c3cc(C)cc(C)c3)S(C)(=O)=O)cc2)cc1. The fraction of sp³-hybridized carbons (Fsp3) is 0.296. The molecule has 0 aliphatic rings. The molecule has 1 N–H and O–H groups in total. The molecule has 0 heterocycles. The van der Waals surface area contributed by atoms with E-state index in [1.807, 2.05) is 51.1 Å². The van der Waals surface area contributed by atoms with E-state index >= 15 is 0 Å². The lowest BCUT2D eigenvalue weighted by molar-refractivity contribution is 0.0940. The molecular formula is C27H32N2O3S. The van der Waals surface area contributed by atoms with Crippen LogP contribution in [-0.2, 0) is 23.0 Å². The molecule has 5 nitrogen and oxygen atoms in total. The standard InChI is InChI=1S/C27H32N2O3S/c1-6-22-7-11-24(12-8-22)21(4)28-27(30)25-13-9-23(10-14-25)18-29(33(5,31)32)26-16-19(2)15-20(3)17-26/h7-17,21H,6,18H2,1-5H3,(H,28,30)/t21-/m1/s1. The van der Waals surface area contributed by atoms with Gasteiger partial charge < -0.3 is 5.32 Å². The van der Waals surface area contributed by atoms with Crippen molar-refractivity contribution in [1.29, 1.82) is 0 Å². The van der Waals surface area contributed by atoms with Crippen molar-refractivity contribution >= 4 is 21.6 Å². The van der Waals surface area contributed by atoms with Gasteiger partial charge in [0.2, 0.25) is 10.0 Å². The van der Waals surface area contributed by atoms with Gasteiger partial charge in [-0.25, -0.2) is 8.42 Å². The van der Waals surface area contributed by atoms with Gasteiger partial charge in [-0.05, 0) is 79.3 Å². The van der Waals surface area contributed by atoms with Crippen LogP contribution in [-0.4, -0.2) is 20.6 Å². The molecule has 0 aliphatic heterocycles. The molecule has 0 saturated heterocycles. The van der Waals surface area contributed by atoms with Gasteiger partial charge in [0.25, 0.3) is 5.91 Å². The molecule has 0 unspecified atom stereocenters. The van der Waals surface area contributed by atoms with Gasteiger partial charge in [0, 0.05) is 5.56 Å². The Morgan fingerprint density at radius 3 is 1.97 bits per heavy atom. The minimum Gasteiger partial charge on any atom is -0.346 e. The topological polar surface area (TPSA) is 66.5 Å². The van der Waals surface area contributed by atoms with E-state index in [1.165, 1.54) is 16.1 Å². The largest absolute Gasteiger partial charge is 0.346 e. The molecule has 3 aromatic carbocycles. The lowest BCUT2D eigenvalue weighted by Gasteiger charge is -2.23. The van der Waals surface area contributed by atoms with Crippen LogP contribution in [0.1, 0.15) is 58.1 Å². The Kier molecular flexibility index (Phi) is 7.59. The average Bonchev–Trinajstić information content (AvgIpc) is 2.76. The smallest absolute Gasteiger partial charge is 0.251 e. The van der Waals surface area contributed by atoms with Crippen LogP contribution in [0, 0.1) is 13.8 Å². The first-order chi connectivity index (χ1) is 15.6. The van der Waals surface area contributed by atoms with Crippen molar-refractivity contribution < 1.29 is 13.2 Å². The molecule has 0 saturated carbocycles. The number of sulfonamides is 1. The van der Waals surface area contributed by atoms with Crippen molar-refractivity contribution in [2.24, 2.45) is 0 Å². The second-order valence-electron chi connectivity index (χ2n) is 8.60. The number of carbonyl (C=O) groups is 1. The lowest BCUT2D eigenvalue weighted by Crippen LogP contribution is -2.29. The first-order valence-electron chi connectivity index (χ1n) is 11.1. The van der Waals surface area contributed by atoms with Gasteiger partial charge in [-0.2, -0.15) is 0 Å². The number of carbonyl (C=O) groups excluding carboxylic acids is 1. The summed E-state index contributed by atoms with van der Waals surface area (Å²) in [4.78, 5) is 12.7. The zero-order valence-corrected chi connectivity index (χ0v) is 20.7. The van der Waals surface area contributed by atoms with Crippen LogP contribution >= 0.6 is 0 Å². The van der Waals surface area contributed by atoms with Gasteiger partial charge in [-0.3, -0.25) is 9.10 Å². The summed E-state index contributed by atoms with van der Waals surface area (Å²) in [7, 11) is -3.47. The molecule has 1 atom stereocenters. The lowest BCUT2D eigenvalue weighted by atomic mass is 10.0. The van der Waals surface area contributed by atoms with E-state index in [9.17, 15) is 13.2 Å². The predicted molar refractivity (Wildman–Crippen MR) is 135 cm³/mol. The Bertz CT molecular complexity index is 1200. The van der Waals surface area contributed by atoms with E-state index in [2.05, 4.69) is 24.4 Å². The monoisotopic (exact) mass is 464 g/mol. The van der Waals surface area contributed by atoms with Gasteiger partial charge >= 0.3 is 0 Å². The fourth-order valence-corrected chi connectivity index (χ4v) is 4.70. The highest BCUT2D eigenvalue weighted by Gasteiger charge is 2.19. The first-order valence-corrected chi connectivity index (χ1v) is 13.0. The quantitative estimate of drug-likeness (QED) is 0.490. The summed E-state index contributed by atoms with van der Waals surface area (Å²) in [5.74, 6) is -0.164. The van der Waals surface area contributed by atoms with Crippen molar-refractivity contribution in [3.05, 3.63) is 100 Å². The van der Waals surface area contributed by atoms with Gasteiger partial charge in [0.1, 0.15) is 0 Å². The molecule has 3 rings (SSSR count). The summed E-state index contributed by atoms with van der Waals surface area (Å²) in [6, 6.07) is 20.9. The molecule has 33 heavy (non-hydrogen) atoms. The molecule has 6 heteroatoms. The highest BCUT2D eigenvalue weighted by atomic mass is 32.2. The van der Waals surface area contributed by atoms with Crippen LogP contribution in [0.2, 0.25) is 0 Å². The van der Waals surface area contributed by atoms with Gasteiger partial charge in [-0.15, -0.1) is 0 Å². The number of rotatable bonds is 8. The first kappa shape index (κ1) is 24.5. The van der Waals surface area contributed by atoms with Crippen LogP contribution in [0.5, 0.6) is 0 Å². The number of aryl methyl sites for hydroxylation is 3.